The first kappa shape index (κ1) is 17.3. The highest BCUT2D eigenvalue weighted by Crippen LogP contribution is 2.25. The molecule has 1 saturated heterocycles. The Morgan fingerprint density at radius 2 is 1.50 bits per heavy atom. The van der Waals surface area contributed by atoms with Crippen molar-refractivity contribution in [1.29, 1.82) is 0 Å². The second kappa shape index (κ2) is 7.47. The second-order valence-electron chi connectivity index (χ2n) is 7.76. The highest BCUT2D eigenvalue weighted by molar-refractivity contribution is 6.04. The lowest BCUT2D eigenvalue weighted by atomic mass is 9.88. The predicted octanol–water partition coefficient (Wildman–Crippen LogP) is 3.11. The molecule has 126 valence electrons. The Morgan fingerprint density at radius 1 is 0.955 bits per heavy atom. The minimum atomic E-state index is -0.952. The molecule has 1 aliphatic carbocycles. The minimum absolute atomic E-state index is 0.00878. The van der Waals surface area contributed by atoms with Crippen LogP contribution in [0, 0.1) is 11.3 Å². The van der Waals surface area contributed by atoms with Crippen LogP contribution in [-0.2, 0) is 9.59 Å². The van der Waals surface area contributed by atoms with Crippen LogP contribution in [0.15, 0.2) is 0 Å². The quantitative estimate of drug-likeness (QED) is 0.643. The molecule has 0 atom stereocenters. The maximum atomic E-state index is 12.7. The van der Waals surface area contributed by atoms with E-state index in [0.717, 1.165) is 38.8 Å². The lowest BCUT2D eigenvalue weighted by Gasteiger charge is -2.36. The zero-order valence-electron chi connectivity index (χ0n) is 14.5. The highest BCUT2D eigenvalue weighted by Gasteiger charge is 2.40. The molecule has 0 aromatic heterocycles. The molecule has 0 aromatic carbocycles. The molecule has 1 N–H and O–H groups in total. The molecule has 0 aromatic rings. The summed E-state index contributed by atoms with van der Waals surface area (Å²) in [4.78, 5) is 27.3. The van der Waals surface area contributed by atoms with Gasteiger partial charge in [-0.1, -0.05) is 32.6 Å². The molecule has 2 fully saturated rings. The van der Waals surface area contributed by atoms with Crippen molar-refractivity contribution in [2.45, 2.75) is 78.2 Å². The zero-order chi connectivity index (χ0) is 16.2. The van der Waals surface area contributed by atoms with Crippen molar-refractivity contribution in [2.24, 2.45) is 11.3 Å². The van der Waals surface area contributed by atoms with Gasteiger partial charge < -0.3 is 10.2 Å². The lowest BCUT2D eigenvalue weighted by Crippen LogP contribution is -2.53. The number of amides is 2. The maximum absolute atomic E-state index is 12.7. The number of carbonyl (C=O) groups excluding carboxylic acids is 2. The van der Waals surface area contributed by atoms with Crippen molar-refractivity contribution < 1.29 is 9.59 Å². The summed E-state index contributed by atoms with van der Waals surface area (Å²) in [6.07, 6.45) is 9.10. The molecule has 2 amide bonds. The normalized spacial score (nSPS) is 22.2. The van der Waals surface area contributed by atoms with E-state index in [-0.39, 0.29) is 17.9 Å². The molecular weight excluding hydrogens is 276 g/mol. The number of hydrogen-bond acceptors (Lipinski definition) is 2. The van der Waals surface area contributed by atoms with Crippen molar-refractivity contribution in [2.75, 3.05) is 13.1 Å². The average molecular weight is 308 g/mol. The van der Waals surface area contributed by atoms with Gasteiger partial charge in [0.2, 0.25) is 11.8 Å². The van der Waals surface area contributed by atoms with E-state index < -0.39 is 5.41 Å². The van der Waals surface area contributed by atoms with E-state index in [1.807, 2.05) is 4.90 Å². The SMILES string of the molecule is CC1CCN(C(=O)C(C)(C)C(=O)NC2CCCCCC2)CC1. The van der Waals surface area contributed by atoms with Gasteiger partial charge in [0.05, 0.1) is 0 Å². The van der Waals surface area contributed by atoms with Crippen LogP contribution < -0.4 is 5.32 Å². The summed E-state index contributed by atoms with van der Waals surface area (Å²) in [6, 6.07) is 0.253. The summed E-state index contributed by atoms with van der Waals surface area (Å²) < 4.78 is 0. The van der Waals surface area contributed by atoms with Gasteiger partial charge in [0.25, 0.3) is 0 Å². The molecule has 1 aliphatic heterocycles. The first-order valence-electron chi connectivity index (χ1n) is 9.01. The number of rotatable bonds is 3. The molecule has 2 rings (SSSR count). The third kappa shape index (κ3) is 4.23. The van der Waals surface area contributed by atoms with Gasteiger partial charge in [-0.15, -0.1) is 0 Å². The standard InChI is InChI=1S/C18H32N2O2/c1-14-10-12-20(13-11-14)17(22)18(2,3)16(21)19-15-8-6-4-5-7-9-15/h14-15H,4-13H2,1-3H3,(H,19,21). The maximum Gasteiger partial charge on any atom is 0.237 e. The molecule has 2 aliphatic rings. The van der Waals surface area contributed by atoms with Crippen LogP contribution in [0.25, 0.3) is 0 Å². The van der Waals surface area contributed by atoms with Crippen LogP contribution in [0.2, 0.25) is 0 Å². The summed E-state index contributed by atoms with van der Waals surface area (Å²) in [5, 5.41) is 3.14. The zero-order valence-corrected chi connectivity index (χ0v) is 14.5. The number of carbonyl (C=O) groups is 2. The molecule has 4 heteroatoms. The summed E-state index contributed by atoms with van der Waals surface area (Å²) in [5.74, 6) is 0.584. The monoisotopic (exact) mass is 308 g/mol. The van der Waals surface area contributed by atoms with Gasteiger partial charge in [0.1, 0.15) is 5.41 Å². The molecule has 1 heterocycles. The number of likely N-dealkylation sites (tertiary alicyclic amines) is 1. The molecule has 0 spiro atoms. The summed E-state index contributed by atoms with van der Waals surface area (Å²) in [7, 11) is 0. The predicted molar refractivity (Wildman–Crippen MR) is 88.4 cm³/mol. The van der Waals surface area contributed by atoms with E-state index in [1.54, 1.807) is 13.8 Å². The molecule has 0 bridgehead atoms. The Kier molecular flexibility index (Phi) is 5.87. The van der Waals surface area contributed by atoms with Gasteiger partial charge in [-0.3, -0.25) is 9.59 Å². The third-order valence-electron chi connectivity index (χ3n) is 5.36. The summed E-state index contributed by atoms with van der Waals surface area (Å²) in [6.45, 7) is 7.37. The Bertz CT molecular complexity index is 390. The molecule has 1 saturated carbocycles. The van der Waals surface area contributed by atoms with E-state index in [9.17, 15) is 9.59 Å². The van der Waals surface area contributed by atoms with Crippen LogP contribution in [0.4, 0.5) is 0 Å². The number of hydrogen-bond donors (Lipinski definition) is 1. The Morgan fingerprint density at radius 3 is 2.05 bits per heavy atom. The molecule has 22 heavy (non-hydrogen) atoms. The van der Waals surface area contributed by atoms with Crippen LogP contribution in [0.5, 0.6) is 0 Å². The first-order valence-corrected chi connectivity index (χ1v) is 9.01. The smallest absolute Gasteiger partial charge is 0.237 e. The number of nitrogens with one attached hydrogen (secondary N) is 1. The first-order chi connectivity index (χ1) is 10.4. The fourth-order valence-corrected chi connectivity index (χ4v) is 3.49. The largest absolute Gasteiger partial charge is 0.352 e. The number of nitrogens with zero attached hydrogens (tertiary/aromatic N) is 1. The van der Waals surface area contributed by atoms with E-state index in [2.05, 4.69) is 12.2 Å². The molecular formula is C18H32N2O2. The van der Waals surface area contributed by atoms with Gasteiger partial charge in [0.15, 0.2) is 0 Å². The summed E-state index contributed by atoms with van der Waals surface area (Å²) in [5.41, 5.74) is -0.952. The highest BCUT2D eigenvalue weighted by atomic mass is 16.2. The second-order valence-corrected chi connectivity index (χ2v) is 7.76. The summed E-state index contributed by atoms with van der Waals surface area (Å²) >= 11 is 0. The van der Waals surface area contributed by atoms with Crippen LogP contribution in [-0.4, -0.2) is 35.8 Å². The van der Waals surface area contributed by atoms with Crippen molar-refractivity contribution in [1.82, 2.24) is 10.2 Å². The van der Waals surface area contributed by atoms with Crippen molar-refractivity contribution in [3.63, 3.8) is 0 Å². The fraction of sp³-hybridized carbons (Fsp3) is 0.889. The fourth-order valence-electron chi connectivity index (χ4n) is 3.49. The van der Waals surface area contributed by atoms with Gasteiger partial charge in [-0.25, -0.2) is 0 Å². The van der Waals surface area contributed by atoms with Crippen LogP contribution in [0.1, 0.15) is 72.1 Å². The minimum Gasteiger partial charge on any atom is -0.352 e. The average Bonchev–Trinajstić information content (AvgIpc) is 2.76. The Balaban J connectivity index is 1.92. The van der Waals surface area contributed by atoms with Gasteiger partial charge in [-0.2, -0.15) is 0 Å². The number of piperidine rings is 1. The van der Waals surface area contributed by atoms with E-state index in [4.69, 9.17) is 0 Å². The third-order valence-corrected chi connectivity index (χ3v) is 5.36. The van der Waals surface area contributed by atoms with Crippen LogP contribution >= 0.6 is 0 Å². The van der Waals surface area contributed by atoms with Crippen molar-refractivity contribution in [3.8, 4) is 0 Å². The van der Waals surface area contributed by atoms with Gasteiger partial charge in [0, 0.05) is 19.1 Å². The topological polar surface area (TPSA) is 49.4 Å². The van der Waals surface area contributed by atoms with E-state index in [0.29, 0.717) is 5.92 Å². The van der Waals surface area contributed by atoms with Crippen molar-refractivity contribution in [3.05, 3.63) is 0 Å². The van der Waals surface area contributed by atoms with Crippen molar-refractivity contribution >= 4 is 11.8 Å². The van der Waals surface area contributed by atoms with Gasteiger partial charge in [-0.05, 0) is 45.4 Å². The molecule has 0 radical (unpaired) electrons. The van der Waals surface area contributed by atoms with E-state index in [1.165, 1.54) is 25.7 Å². The van der Waals surface area contributed by atoms with E-state index >= 15 is 0 Å². The van der Waals surface area contributed by atoms with Gasteiger partial charge >= 0.3 is 0 Å². The molecule has 0 unspecified atom stereocenters. The Hall–Kier alpha value is -1.06. The molecule has 4 nitrogen and oxygen atoms in total. The Labute approximate surface area is 135 Å². The van der Waals surface area contributed by atoms with Crippen LogP contribution in [0.3, 0.4) is 0 Å². The lowest BCUT2D eigenvalue weighted by molar-refractivity contribution is -0.149.